The molecule has 0 aliphatic rings. The van der Waals surface area contributed by atoms with Crippen molar-refractivity contribution in [3.05, 3.63) is 36.4 Å². The fourth-order valence-electron chi connectivity index (χ4n) is 0.997. The Morgan fingerprint density at radius 3 is 2.21 bits per heavy atom. The average molecular weight is 210 g/mol. The second kappa shape index (κ2) is 4.19. The van der Waals surface area contributed by atoms with Gasteiger partial charge in [-0.15, -0.1) is 0 Å². The van der Waals surface area contributed by atoms with Crippen LogP contribution in [0.4, 0.5) is 0 Å². The maximum Gasteiger partial charge on any atom is 0.185 e. The monoisotopic (exact) mass is 210 g/mol. The third-order valence-corrected chi connectivity index (χ3v) is 3.33. The lowest BCUT2D eigenvalue weighted by Crippen LogP contribution is -2.07. The first-order valence-electron chi connectivity index (χ1n) is 3.99. The first-order chi connectivity index (χ1) is 6.60. The fraction of sp³-hybridized carbons (Fsp3) is 0.100. The molecule has 1 rings (SSSR count). The molecule has 4 heteroatoms. The van der Waals surface area contributed by atoms with Crippen molar-refractivity contribution >= 4 is 22.2 Å². The number of aldehydes is 1. The van der Waals surface area contributed by atoms with Gasteiger partial charge in [0.1, 0.15) is 12.0 Å². The van der Waals surface area contributed by atoms with Crippen LogP contribution in [0.5, 0.6) is 0 Å². The third-order valence-electron chi connectivity index (χ3n) is 1.76. The molecule has 0 radical (unpaired) electrons. The van der Waals surface area contributed by atoms with E-state index in [1.165, 1.54) is 12.1 Å². The van der Waals surface area contributed by atoms with Crippen LogP contribution in [0, 0.1) is 0 Å². The summed E-state index contributed by atoms with van der Waals surface area (Å²) in [6.07, 6.45) is 2.01. The molecule has 0 saturated heterocycles. The van der Waals surface area contributed by atoms with Crippen molar-refractivity contribution in [2.75, 3.05) is 5.75 Å². The number of benzene rings is 1. The molecule has 0 spiro atoms. The Kier molecular flexibility index (Phi) is 3.19. The topological polar surface area (TPSA) is 51.2 Å². The van der Waals surface area contributed by atoms with Crippen LogP contribution in [0.2, 0.25) is 0 Å². The zero-order valence-electron chi connectivity index (χ0n) is 7.51. The lowest BCUT2D eigenvalue weighted by Gasteiger charge is -2.00. The Morgan fingerprint density at radius 1 is 1.21 bits per heavy atom. The van der Waals surface area contributed by atoms with Crippen LogP contribution in [0.3, 0.4) is 0 Å². The number of carbonyl (C=O) groups is 1. The van der Waals surface area contributed by atoms with E-state index in [2.05, 4.69) is 6.58 Å². The number of hydrogen-bond acceptors (Lipinski definition) is 3. The number of carbonyl (C=O) groups excluding carboxylic acids is 1. The van der Waals surface area contributed by atoms with Gasteiger partial charge in [-0.3, -0.25) is 0 Å². The molecule has 0 saturated carbocycles. The van der Waals surface area contributed by atoms with E-state index in [0.29, 0.717) is 6.29 Å². The van der Waals surface area contributed by atoms with Crippen LogP contribution in [0.15, 0.2) is 35.7 Å². The van der Waals surface area contributed by atoms with E-state index >= 15 is 0 Å². The van der Waals surface area contributed by atoms with E-state index in [0.717, 1.165) is 5.56 Å². The summed E-state index contributed by atoms with van der Waals surface area (Å²) in [7, 11) is -3.44. The van der Waals surface area contributed by atoms with Gasteiger partial charge in [0, 0.05) is 0 Å². The Labute approximate surface area is 83.0 Å². The van der Waals surface area contributed by atoms with Crippen molar-refractivity contribution < 1.29 is 13.2 Å². The van der Waals surface area contributed by atoms with Crippen LogP contribution in [-0.4, -0.2) is 20.5 Å². The minimum absolute atomic E-state index is 0.162. The lowest BCUT2D eigenvalue weighted by atomic mass is 10.2. The number of hydrogen-bond donors (Lipinski definition) is 0. The molecule has 0 aliphatic heterocycles. The highest BCUT2D eigenvalue weighted by Crippen LogP contribution is 2.12. The first kappa shape index (κ1) is 10.7. The van der Waals surface area contributed by atoms with Crippen LogP contribution < -0.4 is 0 Å². The van der Waals surface area contributed by atoms with Crippen molar-refractivity contribution in [2.45, 2.75) is 4.90 Å². The summed E-state index contributed by atoms with van der Waals surface area (Å²) in [4.78, 5) is 10.3. The molecule has 1 aromatic rings. The van der Waals surface area contributed by atoms with E-state index in [4.69, 9.17) is 0 Å². The average Bonchev–Trinajstić information content (AvgIpc) is 2.18. The van der Waals surface area contributed by atoms with Gasteiger partial charge in [-0.1, -0.05) is 24.8 Å². The Balaban J connectivity index is 3.09. The van der Waals surface area contributed by atoms with Crippen molar-refractivity contribution in [3.63, 3.8) is 0 Å². The summed E-state index contributed by atoms with van der Waals surface area (Å²) >= 11 is 0. The number of rotatable bonds is 4. The Bertz CT molecular complexity index is 429. The molecule has 0 atom stereocenters. The molecule has 0 heterocycles. The summed E-state index contributed by atoms with van der Waals surface area (Å²) in [6, 6.07) is 6.22. The molecule has 0 amide bonds. The van der Waals surface area contributed by atoms with Crippen molar-refractivity contribution in [3.8, 4) is 0 Å². The van der Waals surface area contributed by atoms with Gasteiger partial charge in [-0.05, 0) is 17.7 Å². The molecule has 0 aromatic heterocycles. The molecular weight excluding hydrogens is 200 g/mol. The molecule has 0 N–H and O–H groups in total. The lowest BCUT2D eigenvalue weighted by molar-refractivity contribution is -0.105. The van der Waals surface area contributed by atoms with Crippen LogP contribution in [0.25, 0.3) is 6.08 Å². The zero-order chi connectivity index (χ0) is 10.6. The molecule has 1 aromatic carbocycles. The SMILES string of the molecule is C=Cc1ccc(S(=O)(=O)CC=O)cc1. The normalized spacial score (nSPS) is 10.9. The minimum atomic E-state index is -3.44. The van der Waals surface area contributed by atoms with Gasteiger partial charge in [-0.25, -0.2) is 8.42 Å². The van der Waals surface area contributed by atoms with Gasteiger partial charge in [0.25, 0.3) is 0 Å². The Morgan fingerprint density at radius 2 is 1.79 bits per heavy atom. The maximum absolute atomic E-state index is 11.4. The maximum atomic E-state index is 11.4. The van der Waals surface area contributed by atoms with Gasteiger partial charge < -0.3 is 4.79 Å². The highest BCUT2D eigenvalue weighted by molar-refractivity contribution is 7.92. The smallest absolute Gasteiger partial charge is 0.185 e. The molecule has 3 nitrogen and oxygen atoms in total. The van der Waals surface area contributed by atoms with E-state index in [-0.39, 0.29) is 4.90 Å². The highest BCUT2D eigenvalue weighted by atomic mass is 32.2. The largest absolute Gasteiger partial charge is 0.302 e. The molecule has 0 unspecified atom stereocenters. The predicted molar refractivity (Wildman–Crippen MR) is 54.6 cm³/mol. The molecule has 74 valence electrons. The van der Waals surface area contributed by atoms with Crippen molar-refractivity contribution in [2.24, 2.45) is 0 Å². The van der Waals surface area contributed by atoms with Gasteiger partial charge in [0.2, 0.25) is 0 Å². The summed E-state index contributed by atoms with van der Waals surface area (Å²) in [5, 5.41) is 0. The van der Waals surface area contributed by atoms with Crippen molar-refractivity contribution in [1.29, 1.82) is 0 Å². The highest BCUT2D eigenvalue weighted by Gasteiger charge is 2.12. The summed E-state index contributed by atoms with van der Waals surface area (Å²) in [5.74, 6) is -0.472. The van der Waals surface area contributed by atoms with Gasteiger partial charge >= 0.3 is 0 Å². The molecule has 0 bridgehead atoms. The van der Waals surface area contributed by atoms with E-state index in [1.807, 2.05) is 0 Å². The molecule has 14 heavy (non-hydrogen) atoms. The van der Waals surface area contributed by atoms with Crippen LogP contribution in [-0.2, 0) is 14.6 Å². The molecule has 0 fully saturated rings. The summed E-state index contributed by atoms with van der Waals surface area (Å²) in [6.45, 7) is 3.55. The molecule has 0 aliphatic carbocycles. The summed E-state index contributed by atoms with van der Waals surface area (Å²) < 4.78 is 22.7. The van der Waals surface area contributed by atoms with E-state index in [9.17, 15) is 13.2 Å². The Hall–Kier alpha value is -1.42. The quantitative estimate of drug-likeness (QED) is 0.704. The fourth-order valence-corrected chi connectivity index (χ4v) is 1.92. The minimum Gasteiger partial charge on any atom is -0.302 e. The standard InChI is InChI=1S/C10H10O3S/c1-2-9-3-5-10(6-4-9)14(12,13)8-7-11/h2-7H,1,8H2. The van der Waals surface area contributed by atoms with Crippen LogP contribution >= 0.6 is 0 Å². The predicted octanol–water partition coefficient (Wildman–Crippen LogP) is 1.30. The second-order valence-corrected chi connectivity index (χ2v) is 4.76. The first-order valence-corrected chi connectivity index (χ1v) is 5.64. The van der Waals surface area contributed by atoms with Crippen molar-refractivity contribution in [1.82, 2.24) is 0 Å². The summed E-state index contributed by atoms with van der Waals surface area (Å²) in [5.41, 5.74) is 0.843. The van der Waals surface area contributed by atoms with Gasteiger partial charge in [-0.2, -0.15) is 0 Å². The van der Waals surface area contributed by atoms with Gasteiger partial charge in [0.05, 0.1) is 4.90 Å². The zero-order valence-corrected chi connectivity index (χ0v) is 8.33. The number of sulfone groups is 1. The van der Waals surface area contributed by atoms with Crippen LogP contribution in [0.1, 0.15) is 5.56 Å². The van der Waals surface area contributed by atoms with E-state index < -0.39 is 15.6 Å². The van der Waals surface area contributed by atoms with E-state index in [1.54, 1.807) is 18.2 Å². The van der Waals surface area contributed by atoms with Gasteiger partial charge in [0.15, 0.2) is 9.84 Å². The second-order valence-electron chi connectivity index (χ2n) is 2.72. The molecular formula is C10H10O3S. The third kappa shape index (κ3) is 2.29.